The number of aliphatic hydroxyl groups excluding tert-OH is 1. The number of amides is 1. The van der Waals surface area contributed by atoms with E-state index in [2.05, 4.69) is 19.2 Å². The molecule has 0 aromatic carbocycles. The molecular formula is C55H114N2O6P+. The van der Waals surface area contributed by atoms with Gasteiger partial charge in [-0.3, -0.25) is 13.8 Å². The fraction of sp³-hybridized carbons (Fsp3) is 0.982. The molecule has 3 unspecified atom stereocenters. The molecule has 0 aliphatic heterocycles. The quantitative estimate of drug-likeness (QED) is 0.0319. The van der Waals surface area contributed by atoms with E-state index in [1.54, 1.807) is 0 Å². The van der Waals surface area contributed by atoms with Crippen LogP contribution in [0.4, 0.5) is 0 Å². The SMILES string of the molecule is CCCCCCCCCCCCCCCCCCCCCCCCCCCCCCCCC(O)C(COP(=O)(O)OCC[N+](C)(C)C)NC(=O)CCCCCCCCCCCCCC. The van der Waals surface area contributed by atoms with Gasteiger partial charge in [-0.2, -0.15) is 0 Å². The van der Waals surface area contributed by atoms with E-state index in [0.717, 1.165) is 38.5 Å². The smallest absolute Gasteiger partial charge is 0.391 e. The molecule has 0 aromatic heterocycles. The number of rotatable bonds is 53. The van der Waals surface area contributed by atoms with Crippen molar-refractivity contribution in [2.45, 2.75) is 309 Å². The average Bonchev–Trinajstić information content (AvgIpc) is 3.25. The zero-order valence-corrected chi connectivity index (χ0v) is 44.7. The molecule has 0 saturated heterocycles. The molecule has 64 heavy (non-hydrogen) atoms. The highest BCUT2D eigenvalue weighted by Gasteiger charge is 2.28. The molecule has 0 spiro atoms. The van der Waals surface area contributed by atoms with E-state index < -0.39 is 20.0 Å². The summed E-state index contributed by atoms with van der Waals surface area (Å²) in [7, 11) is 1.63. The van der Waals surface area contributed by atoms with Gasteiger partial charge in [-0.15, -0.1) is 0 Å². The monoisotopic (exact) mass is 930 g/mol. The van der Waals surface area contributed by atoms with E-state index in [-0.39, 0.29) is 19.1 Å². The largest absolute Gasteiger partial charge is 0.472 e. The summed E-state index contributed by atoms with van der Waals surface area (Å²) in [6.45, 7) is 4.93. The second-order valence-corrected chi connectivity index (χ2v) is 22.5. The number of aliphatic hydroxyl groups is 1. The molecule has 384 valence electrons. The lowest BCUT2D eigenvalue weighted by Gasteiger charge is -2.26. The first-order valence-corrected chi connectivity index (χ1v) is 29.9. The minimum absolute atomic E-state index is 0.0789. The van der Waals surface area contributed by atoms with Crippen molar-refractivity contribution < 1.29 is 32.9 Å². The normalized spacial score (nSPS) is 13.9. The van der Waals surface area contributed by atoms with Gasteiger partial charge in [-0.25, -0.2) is 4.57 Å². The Labute approximate surface area is 399 Å². The maximum absolute atomic E-state index is 12.9. The second kappa shape index (κ2) is 47.6. The number of quaternary nitrogens is 1. The van der Waals surface area contributed by atoms with Crippen LogP contribution < -0.4 is 5.32 Å². The predicted molar refractivity (Wildman–Crippen MR) is 277 cm³/mol. The minimum Gasteiger partial charge on any atom is -0.391 e. The number of phosphoric acid groups is 1. The van der Waals surface area contributed by atoms with Gasteiger partial charge in [0, 0.05) is 6.42 Å². The Bertz CT molecular complexity index is 1010. The van der Waals surface area contributed by atoms with Gasteiger partial charge in [0.15, 0.2) is 0 Å². The van der Waals surface area contributed by atoms with Crippen LogP contribution in [0.5, 0.6) is 0 Å². The number of phosphoric ester groups is 1. The van der Waals surface area contributed by atoms with Crippen molar-refractivity contribution in [1.82, 2.24) is 5.32 Å². The van der Waals surface area contributed by atoms with Gasteiger partial charge in [-0.05, 0) is 12.8 Å². The minimum atomic E-state index is -4.31. The Hall–Kier alpha value is -0.500. The average molecular weight is 930 g/mol. The Morgan fingerprint density at radius 1 is 0.469 bits per heavy atom. The summed E-state index contributed by atoms with van der Waals surface area (Å²) in [4.78, 5) is 23.2. The van der Waals surface area contributed by atoms with Crippen LogP contribution in [0.3, 0.4) is 0 Å². The summed E-state index contributed by atoms with van der Waals surface area (Å²) in [6, 6.07) is -0.754. The topological polar surface area (TPSA) is 105 Å². The number of hydrogen-bond donors (Lipinski definition) is 3. The highest BCUT2D eigenvalue weighted by Crippen LogP contribution is 2.43. The van der Waals surface area contributed by atoms with Crippen molar-refractivity contribution in [2.75, 3.05) is 40.9 Å². The number of carbonyl (C=O) groups excluding carboxylic acids is 1. The van der Waals surface area contributed by atoms with Crippen LogP contribution in [0.1, 0.15) is 296 Å². The lowest BCUT2D eigenvalue weighted by Crippen LogP contribution is -2.46. The molecule has 1 amide bonds. The molecule has 9 heteroatoms. The standard InChI is InChI=1S/C55H113N2O6P/c1-6-8-10-12-14-16-18-20-21-22-23-24-25-26-27-28-29-30-31-32-33-34-35-36-37-38-40-42-44-46-48-54(58)53(52-63-64(60,61)62-51-50-57(3,4)5)56-55(59)49-47-45-43-41-39-19-17-15-13-11-9-7-2/h53-54,58H,6-52H2,1-5H3,(H-,56,59,60,61)/p+1. The van der Waals surface area contributed by atoms with E-state index in [1.807, 2.05) is 21.1 Å². The Morgan fingerprint density at radius 2 is 0.750 bits per heavy atom. The molecule has 0 aliphatic carbocycles. The van der Waals surface area contributed by atoms with E-state index in [1.165, 1.54) is 231 Å². The van der Waals surface area contributed by atoms with Crippen molar-refractivity contribution in [3.63, 3.8) is 0 Å². The molecule has 3 N–H and O–H groups in total. The molecule has 0 rings (SSSR count). The first kappa shape index (κ1) is 63.5. The van der Waals surface area contributed by atoms with E-state index >= 15 is 0 Å². The third-order valence-corrected chi connectivity index (χ3v) is 14.3. The van der Waals surface area contributed by atoms with Crippen LogP contribution in [0.2, 0.25) is 0 Å². The fourth-order valence-electron chi connectivity index (χ4n) is 8.87. The van der Waals surface area contributed by atoms with Gasteiger partial charge in [0.1, 0.15) is 13.2 Å². The highest BCUT2D eigenvalue weighted by atomic mass is 31.2. The van der Waals surface area contributed by atoms with Crippen molar-refractivity contribution in [3.8, 4) is 0 Å². The van der Waals surface area contributed by atoms with Gasteiger partial charge >= 0.3 is 7.82 Å². The lowest BCUT2D eigenvalue weighted by molar-refractivity contribution is -0.870. The van der Waals surface area contributed by atoms with Crippen molar-refractivity contribution in [2.24, 2.45) is 0 Å². The number of unbranched alkanes of at least 4 members (excludes halogenated alkanes) is 40. The molecule has 0 aliphatic rings. The van der Waals surface area contributed by atoms with Crippen molar-refractivity contribution in [3.05, 3.63) is 0 Å². The molecule has 0 heterocycles. The predicted octanol–water partition coefficient (Wildman–Crippen LogP) is 16.9. The van der Waals surface area contributed by atoms with Gasteiger partial charge in [0.25, 0.3) is 0 Å². The zero-order valence-electron chi connectivity index (χ0n) is 43.8. The summed E-state index contributed by atoms with van der Waals surface area (Å²) >= 11 is 0. The third kappa shape index (κ3) is 49.4. The first-order chi connectivity index (χ1) is 31.0. The van der Waals surface area contributed by atoms with Crippen LogP contribution in [0.15, 0.2) is 0 Å². The van der Waals surface area contributed by atoms with Crippen LogP contribution in [-0.4, -0.2) is 73.4 Å². The van der Waals surface area contributed by atoms with Crippen LogP contribution in [0, 0.1) is 0 Å². The Kier molecular flexibility index (Phi) is 47.2. The number of nitrogens with one attached hydrogen (secondary N) is 1. The summed E-state index contributed by atoms with van der Waals surface area (Å²) < 4.78 is 23.7. The summed E-state index contributed by atoms with van der Waals surface area (Å²) in [5.74, 6) is -0.140. The lowest BCUT2D eigenvalue weighted by atomic mass is 10.0. The number of likely N-dealkylation sites (N-methyl/N-ethyl adjacent to an activating group) is 1. The molecule has 0 aromatic rings. The van der Waals surface area contributed by atoms with Crippen LogP contribution >= 0.6 is 7.82 Å². The second-order valence-electron chi connectivity index (χ2n) is 21.0. The molecule has 0 radical (unpaired) electrons. The maximum atomic E-state index is 12.9. The number of nitrogens with zero attached hydrogens (tertiary/aromatic N) is 1. The Balaban J connectivity index is 3.99. The van der Waals surface area contributed by atoms with Crippen LogP contribution in [-0.2, 0) is 18.4 Å². The van der Waals surface area contributed by atoms with Gasteiger partial charge in [0.05, 0.1) is 39.9 Å². The van der Waals surface area contributed by atoms with Crippen LogP contribution in [0.25, 0.3) is 0 Å². The molecule has 0 bridgehead atoms. The van der Waals surface area contributed by atoms with Gasteiger partial charge in [0.2, 0.25) is 5.91 Å². The summed E-state index contributed by atoms with van der Waals surface area (Å²) in [6.07, 6.45) is 56.0. The van der Waals surface area contributed by atoms with Gasteiger partial charge < -0.3 is 19.8 Å². The summed E-state index contributed by atoms with van der Waals surface area (Å²) in [5.41, 5.74) is 0. The van der Waals surface area contributed by atoms with E-state index in [4.69, 9.17) is 9.05 Å². The zero-order chi connectivity index (χ0) is 47.1. The number of hydrogen-bond acceptors (Lipinski definition) is 5. The van der Waals surface area contributed by atoms with Crippen molar-refractivity contribution >= 4 is 13.7 Å². The molecule has 3 atom stereocenters. The van der Waals surface area contributed by atoms with E-state index in [9.17, 15) is 19.4 Å². The molecule has 0 fully saturated rings. The molecule has 0 saturated carbocycles. The molecule has 8 nitrogen and oxygen atoms in total. The summed E-state index contributed by atoms with van der Waals surface area (Å²) in [5, 5.41) is 14.0. The fourth-order valence-corrected chi connectivity index (χ4v) is 9.61. The Morgan fingerprint density at radius 3 is 1.05 bits per heavy atom. The number of carbonyl (C=O) groups is 1. The van der Waals surface area contributed by atoms with Crippen molar-refractivity contribution in [1.29, 1.82) is 0 Å². The maximum Gasteiger partial charge on any atom is 0.472 e. The third-order valence-electron chi connectivity index (χ3n) is 13.4. The van der Waals surface area contributed by atoms with Gasteiger partial charge in [-0.1, -0.05) is 277 Å². The first-order valence-electron chi connectivity index (χ1n) is 28.4. The molecular weight excluding hydrogens is 816 g/mol. The highest BCUT2D eigenvalue weighted by molar-refractivity contribution is 7.47. The van der Waals surface area contributed by atoms with E-state index in [0.29, 0.717) is 23.9 Å².